The lowest BCUT2D eigenvalue weighted by atomic mass is 9.91. The number of esters is 1. The number of carbonyl (C=O) groups excluding carboxylic acids is 2. The van der Waals surface area contributed by atoms with Crippen molar-refractivity contribution in [1.29, 1.82) is 5.26 Å². The molecule has 3 aromatic rings. The fourth-order valence-electron chi connectivity index (χ4n) is 3.32. The average molecular weight is 621 g/mol. The fraction of sp³-hybridized carbons (Fsp3) is 0.125. The number of nitrogens with one attached hydrogen (secondary N) is 1. The van der Waals surface area contributed by atoms with Gasteiger partial charge in [0.2, 0.25) is 0 Å². The van der Waals surface area contributed by atoms with Crippen LogP contribution in [0.2, 0.25) is 5.02 Å². The second-order valence-electron chi connectivity index (χ2n) is 7.62. The highest BCUT2D eigenvalue weighted by molar-refractivity contribution is 9.10. The number of anilines is 2. The van der Waals surface area contributed by atoms with Gasteiger partial charge in [-0.1, -0.05) is 29.8 Å². The molecule has 14 heteroatoms. The molecule has 198 valence electrons. The predicted molar refractivity (Wildman–Crippen MR) is 128 cm³/mol. The summed E-state index contributed by atoms with van der Waals surface area (Å²) in [7, 11) is 0. The molecule has 0 aromatic heterocycles. The molecule has 3 aromatic carbocycles. The lowest BCUT2D eigenvalue weighted by Crippen LogP contribution is -2.57. The maximum Gasteiger partial charge on any atom is 0.442 e. The Morgan fingerprint density at radius 3 is 2.05 bits per heavy atom. The third-order valence-electron chi connectivity index (χ3n) is 5.18. The van der Waals surface area contributed by atoms with E-state index < -0.39 is 50.5 Å². The van der Waals surface area contributed by atoms with Crippen LogP contribution in [0.5, 0.6) is 0 Å². The average Bonchev–Trinajstić information content (AvgIpc) is 2.83. The van der Waals surface area contributed by atoms with E-state index >= 15 is 0 Å². The van der Waals surface area contributed by atoms with E-state index in [0.717, 1.165) is 18.2 Å². The molecule has 0 spiro atoms. The summed E-state index contributed by atoms with van der Waals surface area (Å²) in [5.41, 5.74) is -1.99. The smallest absolute Gasteiger partial charge is 0.431 e. The van der Waals surface area contributed by atoms with Crippen LogP contribution in [-0.4, -0.2) is 24.2 Å². The number of ether oxygens (including phenoxy) is 1. The maximum atomic E-state index is 14.2. The Kier molecular flexibility index (Phi) is 7.99. The van der Waals surface area contributed by atoms with Crippen LogP contribution in [0.1, 0.15) is 31.8 Å². The molecule has 0 radical (unpaired) electrons. The molecule has 0 atom stereocenters. The Labute approximate surface area is 224 Å². The number of hydrogen-bond acceptors (Lipinski definition) is 5. The molecule has 0 unspecified atom stereocenters. The number of amides is 1. The first-order valence-corrected chi connectivity index (χ1v) is 11.3. The van der Waals surface area contributed by atoms with Gasteiger partial charge in [-0.15, -0.1) is 0 Å². The number of nitriles is 1. The normalized spacial score (nSPS) is 12.0. The summed E-state index contributed by atoms with van der Waals surface area (Å²) in [5, 5.41) is 10.5. The molecule has 3 N–H and O–H groups in total. The zero-order valence-corrected chi connectivity index (χ0v) is 20.9. The zero-order chi connectivity index (χ0) is 28.5. The number of nitrogens with zero attached hydrogens (tertiary/aromatic N) is 1. The monoisotopic (exact) mass is 619 g/mol. The van der Waals surface area contributed by atoms with Crippen LogP contribution in [0.3, 0.4) is 0 Å². The molecule has 6 nitrogen and oxygen atoms in total. The van der Waals surface area contributed by atoms with Crippen molar-refractivity contribution in [2.75, 3.05) is 11.1 Å². The van der Waals surface area contributed by atoms with E-state index in [4.69, 9.17) is 22.6 Å². The van der Waals surface area contributed by atoms with Gasteiger partial charge in [-0.2, -0.15) is 31.6 Å². The van der Waals surface area contributed by atoms with Crippen LogP contribution in [0, 0.1) is 11.3 Å². The lowest BCUT2D eigenvalue weighted by Gasteiger charge is -2.37. The number of nitrogen functional groups attached to an aromatic ring is 1. The Morgan fingerprint density at radius 2 is 1.55 bits per heavy atom. The van der Waals surface area contributed by atoms with Gasteiger partial charge >= 0.3 is 23.9 Å². The van der Waals surface area contributed by atoms with Crippen LogP contribution in [0.15, 0.2) is 65.1 Å². The van der Waals surface area contributed by atoms with Gasteiger partial charge in [0.05, 0.1) is 27.5 Å². The van der Waals surface area contributed by atoms with Crippen molar-refractivity contribution in [2.24, 2.45) is 0 Å². The number of nitrogens with two attached hydrogens (primary N) is 1. The minimum absolute atomic E-state index is 0.0407. The zero-order valence-electron chi connectivity index (χ0n) is 18.5. The number of carbonyl (C=O) groups is 2. The maximum absolute atomic E-state index is 14.2. The Hall–Kier alpha value is -3.76. The van der Waals surface area contributed by atoms with Crippen LogP contribution < -0.4 is 11.1 Å². The van der Waals surface area contributed by atoms with Crippen LogP contribution in [-0.2, 0) is 10.3 Å². The number of benzene rings is 3. The second-order valence-corrected chi connectivity index (χ2v) is 8.88. The number of halogens is 8. The van der Waals surface area contributed by atoms with E-state index in [2.05, 4.69) is 26.0 Å². The van der Waals surface area contributed by atoms with E-state index in [1.807, 2.05) is 0 Å². The van der Waals surface area contributed by atoms with Crippen molar-refractivity contribution in [3.63, 3.8) is 0 Å². The molecule has 0 aliphatic rings. The third kappa shape index (κ3) is 5.41. The fourth-order valence-corrected chi connectivity index (χ4v) is 4.26. The molecule has 0 fully saturated rings. The molecule has 0 saturated heterocycles. The standard InChI is InChI=1S/C24H13BrClF6N3O3/c25-16-9-15(10-17(26)19(16)35-20(36)13-6-7-14(11-33)18(34)8-13)22(23(27,28)29,24(30,31)32)38-21(37)12-4-2-1-3-5-12/h1-10H,34H2,(H,35,36). The summed E-state index contributed by atoms with van der Waals surface area (Å²) < 4.78 is 88.7. The largest absolute Gasteiger partial charge is 0.442 e. The van der Waals surface area contributed by atoms with Crippen molar-refractivity contribution in [3.05, 3.63) is 92.4 Å². The van der Waals surface area contributed by atoms with E-state index in [9.17, 15) is 35.9 Å². The Morgan fingerprint density at radius 1 is 0.947 bits per heavy atom. The topological polar surface area (TPSA) is 105 Å². The Balaban J connectivity index is 2.09. The summed E-state index contributed by atoms with van der Waals surface area (Å²) in [6, 6.07) is 11.9. The molecular weight excluding hydrogens is 608 g/mol. The van der Waals surface area contributed by atoms with Crippen molar-refractivity contribution in [1.82, 2.24) is 0 Å². The first kappa shape index (κ1) is 28.8. The highest BCUT2D eigenvalue weighted by Gasteiger charge is 2.75. The van der Waals surface area contributed by atoms with Crippen molar-refractivity contribution < 1.29 is 40.7 Å². The van der Waals surface area contributed by atoms with Gasteiger partial charge in [0, 0.05) is 15.6 Å². The summed E-state index contributed by atoms with van der Waals surface area (Å²) in [4.78, 5) is 25.0. The summed E-state index contributed by atoms with van der Waals surface area (Å²) in [6.45, 7) is 0. The third-order valence-corrected chi connectivity index (χ3v) is 6.10. The molecule has 0 aliphatic carbocycles. The first-order chi connectivity index (χ1) is 17.6. The first-order valence-electron chi connectivity index (χ1n) is 10.1. The molecule has 3 rings (SSSR count). The van der Waals surface area contributed by atoms with E-state index in [-0.39, 0.29) is 28.6 Å². The summed E-state index contributed by atoms with van der Waals surface area (Å²) in [6.07, 6.45) is -12.4. The minimum Gasteiger partial charge on any atom is -0.431 e. The van der Waals surface area contributed by atoms with Crippen molar-refractivity contribution >= 4 is 50.8 Å². The van der Waals surface area contributed by atoms with Gasteiger partial charge in [-0.3, -0.25) is 4.79 Å². The summed E-state index contributed by atoms with van der Waals surface area (Å²) >= 11 is 8.85. The van der Waals surface area contributed by atoms with E-state index in [1.165, 1.54) is 30.3 Å². The predicted octanol–water partition coefficient (Wildman–Crippen LogP) is 6.99. The highest BCUT2D eigenvalue weighted by atomic mass is 79.9. The molecule has 0 saturated carbocycles. The summed E-state index contributed by atoms with van der Waals surface area (Å²) in [5.74, 6) is -2.77. The minimum atomic E-state index is -6.18. The molecular formula is C24H13BrClF6N3O3. The van der Waals surface area contributed by atoms with Gasteiger partial charge in [-0.05, 0) is 58.4 Å². The molecule has 0 bridgehead atoms. The van der Waals surface area contributed by atoms with Crippen molar-refractivity contribution in [3.8, 4) is 6.07 Å². The SMILES string of the molecule is N#Cc1ccc(C(=O)Nc2c(Cl)cc(C(OC(=O)c3ccccc3)(C(F)(F)F)C(F)(F)F)cc2Br)cc1N. The van der Waals surface area contributed by atoms with E-state index in [0.29, 0.717) is 6.07 Å². The van der Waals surface area contributed by atoms with Gasteiger partial charge in [0.1, 0.15) is 6.07 Å². The van der Waals surface area contributed by atoms with Crippen LogP contribution in [0.4, 0.5) is 37.7 Å². The highest BCUT2D eigenvalue weighted by Crippen LogP contribution is 2.54. The van der Waals surface area contributed by atoms with Gasteiger partial charge in [0.25, 0.3) is 5.91 Å². The van der Waals surface area contributed by atoms with Crippen LogP contribution >= 0.6 is 27.5 Å². The van der Waals surface area contributed by atoms with Gasteiger partial charge < -0.3 is 15.8 Å². The molecule has 1 amide bonds. The van der Waals surface area contributed by atoms with E-state index in [1.54, 1.807) is 6.07 Å². The van der Waals surface area contributed by atoms with Gasteiger partial charge in [-0.25, -0.2) is 4.79 Å². The quantitative estimate of drug-likeness (QED) is 0.182. The lowest BCUT2D eigenvalue weighted by molar-refractivity contribution is -0.373. The van der Waals surface area contributed by atoms with Crippen molar-refractivity contribution in [2.45, 2.75) is 18.0 Å². The molecule has 38 heavy (non-hydrogen) atoms. The number of rotatable bonds is 5. The second kappa shape index (κ2) is 10.5. The Bertz CT molecular complexity index is 1400. The number of alkyl halides is 6. The van der Waals surface area contributed by atoms with Gasteiger partial charge in [0.15, 0.2) is 0 Å². The molecule has 0 aliphatic heterocycles. The number of hydrogen-bond donors (Lipinski definition) is 2. The molecule has 0 heterocycles. The van der Waals surface area contributed by atoms with Crippen LogP contribution in [0.25, 0.3) is 0 Å².